The van der Waals surface area contributed by atoms with Crippen molar-refractivity contribution < 1.29 is 9.84 Å². The van der Waals surface area contributed by atoms with Gasteiger partial charge in [0.05, 0.1) is 12.2 Å². The number of hydrogen-bond donors (Lipinski definition) is 1. The highest BCUT2D eigenvalue weighted by atomic mass is 16.5. The third-order valence-electron chi connectivity index (χ3n) is 4.00. The first-order valence-electron chi connectivity index (χ1n) is 7.30. The Kier molecular flexibility index (Phi) is 6.50. The molecular weight excluding hydrogens is 212 g/mol. The summed E-state index contributed by atoms with van der Waals surface area (Å²) in [4.78, 5) is 0. The van der Waals surface area contributed by atoms with Crippen molar-refractivity contribution in [1.82, 2.24) is 0 Å². The zero-order chi connectivity index (χ0) is 12.8. The highest BCUT2D eigenvalue weighted by molar-refractivity contribution is 4.81. The Morgan fingerprint density at radius 3 is 2.47 bits per heavy atom. The SMILES string of the molecule is CC(C)CCCOC1CC(C(C)C)CCC1O. The molecule has 0 radical (unpaired) electrons. The van der Waals surface area contributed by atoms with Crippen molar-refractivity contribution in [3.05, 3.63) is 0 Å². The number of aliphatic hydroxyl groups is 1. The van der Waals surface area contributed by atoms with E-state index in [0.717, 1.165) is 44.1 Å². The van der Waals surface area contributed by atoms with Crippen molar-refractivity contribution >= 4 is 0 Å². The minimum Gasteiger partial charge on any atom is -0.390 e. The van der Waals surface area contributed by atoms with Crippen LogP contribution in [0.1, 0.15) is 59.8 Å². The Morgan fingerprint density at radius 2 is 1.88 bits per heavy atom. The molecule has 1 rings (SSSR count). The van der Waals surface area contributed by atoms with Gasteiger partial charge in [0.2, 0.25) is 0 Å². The molecule has 1 fully saturated rings. The highest BCUT2D eigenvalue weighted by Crippen LogP contribution is 2.31. The first-order chi connectivity index (χ1) is 8.00. The smallest absolute Gasteiger partial charge is 0.0836 e. The van der Waals surface area contributed by atoms with Crippen LogP contribution in [-0.4, -0.2) is 23.9 Å². The van der Waals surface area contributed by atoms with Gasteiger partial charge in [-0.2, -0.15) is 0 Å². The topological polar surface area (TPSA) is 29.5 Å². The van der Waals surface area contributed by atoms with Gasteiger partial charge in [0.25, 0.3) is 0 Å². The van der Waals surface area contributed by atoms with Gasteiger partial charge in [-0.3, -0.25) is 0 Å². The first-order valence-corrected chi connectivity index (χ1v) is 7.30. The molecular formula is C15H30O2. The molecule has 0 spiro atoms. The number of hydrogen-bond acceptors (Lipinski definition) is 2. The summed E-state index contributed by atoms with van der Waals surface area (Å²) < 4.78 is 5.88. The molecule has 17 heavy (non-hydrogen) atoms. The van der Waals surface area contributed by atoms with E-state index in [1.807, 2.05) is 0 Å². The van der Waals surface area contributed by atoms with Crippen LogP contribution < -0.4 is 0 Å². The van der Waals surface area contributed by atoms with Gasteiger partial charge >= 0.3 is 0 Å². The average Bonchev–Trinajstić information content (AvgIpc) is 2.25. The molecule has 1 N–H and O–H groups in total. The molecule has 0 amide bonds. The summed E-state index contributed by atoms with van der Waals surface area (Å²) in [5, 5.41) is 9.95. The molecule has 102 valence electrons. The highest BCUT2D eigenvalue weighted by Gasteiger charge is 2.30. The van der Waals surface area contributed by atoms with E-state index < -0.39 is 0 Å². The molecule has 1 saturated carbocycles. The Hall–Kier alpha value is -0.0800. The van der Waals surface area contributed by atoms with Crippen molar-refractivity contribution in [3.63, 3.8) is 0 Å². The van der Waals surface area contributed by atoms with E-state index in [-0.39, 0.29) is 12.2 Å². The average molecular weight is 242 g/mol. The van der Waals surface area contributed by atoms with Crippen LogP contribution in [0.4, 0.5) is 0 Å². The van der Waals surface area contributed by atoms with E-state index in [1.165, 1.54) is 6.42 Å². The van der Waals surface area contributed by atoms with Gasteiger partial charge in [0.15, 0.2) is 0 Å². The van der Waals surface area contributed by atoms with Gasteiger partial charge < -0.3 is 9.84 Å². The molecule has 2 nitrogen and oxygen atoms in total. The fraction of sp³-hybridized carbons (Fsp3) is 1.00. The van der Waals surface area contributed by atoms with Crippen LogP contribution in [0, 0.1) is 17.8 Å². The lowest BCUT2D eigenvalue weighted by atomic mass is 9.79. The maximum absolute atomic E-state index is 9.95. The second kappa shape index (κ2) is 7.38. The Labute approximate surface area is 107 Å². The second-order valence-corrected chi connectivity index (χ2v) is 6.33. The standard InChI is InChI=1S/C15H30O2/c1-11(2)6-5-9-17-15-10-13(12(3)4)7-8-14(15)16/h11-16H,5-10H2,1-4H3. The van der Waals surface area contributed by atoms with Gasteiger partial charge in [0.1, 0.15) is 0 Å². The largest absolute Gasteiger partial charge is 0.390 e. The lowest BCUT2D eigenvalue weighted by Crippen LogP contribution is -2.37. The number of rotatable bonds is 6. The summed E-state index contributed by atoms with van der Waals surface area (Å²) in [6.45, 7) is 9.84. The molecule has 2 heteroatoms. The van der Waals surface area contributed by atoms with Crippen LogP contribution in [0.15, 0.2) is 0 Å². The molecule has 0 aromatic carbocycles. The van der Waals surface area contributed by atoms with E-state index in [1.54, 1.807) is 0 Å². The summed E-state index contributed by atoms with van der Waals surface area (Å²) in [6, 6.07) is 0. The van der Waals surface area contributed by atoms with Crippen molar-refractivity contribution in [2.75, 3.05) is 6.61 Å². The van der Waals surface area contributed by atoms with Gasteiger partial charge in [-0.05, 0) is 49.9 Å². The summed E-state index contributed by atoms with van der Waals surface area (Å²) in [7, 11) is 0. The van der Waals surface area contributed by atoms with Crippen LogP contribution in [-0.2, 0) is 4.74 Å². The quantitative estimate of drug-likeness (QED) is 0.721. The van der Waals surface area contributed by atoms with Crippen LogP contribution in [0.5, 0.6) is 0 Å². The molecule has 3 unspecified atom stereocenters. The third kappa shape index (κ3) is 5.39. The van der Waals surface area contributed by atoms with Gasteiger partial charge in [-0.15, -0.1) is 0 Å². The third-order valence-corrected chi connectivity index (χ3v) is 4.00. The fourth-order valence-electron chi connectivity index (χ4n) is 2.65. The normalized spacial score (nSPS) is 30.2. The zero-order valence-corrected chi connectivity index (χ0v) is 12.0. The lowest BCUT2D eigenvalue weighted by Gasteiger charge is -2.35. The molecule has 0 aromatic rings. The van der Waals surface area contributed by atoms with E-state index in [0.29, 0.717) is 5.92 Å². The van der Waals surface area contributed by atoms with Crippen LogP contribution >= 0.6 is 0 Å². The Morgan fingerprint density at radius 1 is 1.18 bits per heavy atom. The number of aliphatic hydroxyl groups excluding tert-OH is 1. The summed E-state index contributed by atoms with van der Waals surface area (Å²) in [5.74, 6) is 2.19. The molecule has 0 bridgehead atoms. The van der Waals surface area contributed by atoms with Gasteiger partial charge in [-0.25, -0.2) is 0 Å². The molecule has 3 atom stereocenters. The molecule has 0 aliphatic heterocycles. The van der Waals surface area contributed by atoms with Crippen LogP contribution in [0.25, 0.3) is 0 Å². The summed E-state index contributed by atoms with van der Waals surface area (Å²) in [6.07, 6.45) is 5.30. The number of ether oxygens (including phenoxy) is 1. The van der Waals surface area contributed by atoms with Crippen molar-refractivity contribution in [3.8, 4) is 0 Å². The van der Waals surface area contributed by atoms with Crippen LogP contribution in [0.2, 0.25) is 0 Å². The fourth-order valence-corrected chi connectivity index (χ4v) is 2.65. The molecule has 1 aliphatic carbocycles. The summed E-state index contributed by atoms with van der Waals surface area (Å²) >= 11 is 0. The monoisotopic (exact) mass is 242 g/mol. The maximum Gasteiger partial charge on any atom is 0.0836 e. The first kappa shape index (κ1) is 15.0. The molecule has 0 saturated heterocycles. The Bertz CT molecular complexity index is 201. The molecule has 0 heterocycles. The zero-order valence-electron chi connectivity index (χ0n) is 12.0. The van der Waals surface area contributed by atoms with E-state index in [9.17, 15) is 5.11 Å². The Balaban J connectivity index is 2.25. The van der Waals surface area contributed by atoms with Gasteiger partial charge in [-0.1, -0.05) is 27.7 Å². The molecule has 1 aliphatic rings. The predicted octanol–water partition coefficient (Wildman–Crippen LogP) is 3.62. The van der Waals surface area contributed by atoms with E-state index in [4.69, 9.17) is 4.74 Å². The van der Waals surface area contributed by atoms with Crippen molar-refractivity contribution in [1.29, 1.82) is 0 Å². The van der Waals surface area contributed by atoms with Crippen molar-refractivity contribution in [2.45, 2.75) is 72.0 Å². The summed E-state index contributed by atoms with van der Waals surface area (Å²) in [5.41, 5.74) is 0. The maximum atomic E-state index is 9.95. The minimum atomic E-state index is -0.232. The van der Waals surface area contributed by atoms with Crippen LogP contribution in [0.3, 0.4) is 0 Å². The molecule has 0 aromatic heterocycles. The predicted molar refractivity (Wildman–Crippen MR) is 72.0 cm³/mol. The van der Waals surface area contributed by atoms with Crippen molar-refractivity contribution in [2.24, 2.45) is 17.8 Å². The van der Waals surface area contributed by atoms with E-state index >= 15 is 0 Å². The lowest BCUT2D eigenvalue weighted by molar-refractivity contribution is -0.0771. The van der Waals surface area contributed by atoms with Gasteiger partial charge in [0, 0.05) is 6.61 Å². The van der Waals surface area contributed by atoms with E-state index in [2.05, 4.69) is 27.7 Å². The minimum absolute atomic E-state index is 0.0864. The second-order valence-electron chi connectivity index (χ2n) is 6.33.